The summed E-state index contributed by atoms with van der Waals surface area (Å²) in [5.41, 5.74) is 1.26. The van der Waals surface area contributed by atoms with Gasteiger partial charge in [0, 0.05) is 18.3 Å². The molecule has 0 aromatic heterocycles. The summed E-state index contributed by atoms with van der Waals surface area (Å²) in [6.07, 6.45) is 8.92. The van der Waals surface area contributed by atoms with E-state index in [4.69, 9.17) is 0 Å². The van der Waals surface area contributed by atoms with Crippen molar-refractivity contribution in [2.24, 2.45) is 28.6 Å². The number of carbonyl (C=O) groups excluding carboxylic acids is 1. The Kier molecular flexibility index (Phi) is 4.64. The number of allylic oxidation sites excluding steroid dienone is 1. The number of aliphatic hydroxyl groups excluding tert-OH is 1. The van der Waals surface area contributed by atoms with Gasteiger partial charge in [0.2, 0.25) is 0 Å². The highest BCUT2D eigenvalue weighted by atomic mass is 16.3. The normalized spacial score (nSPS) is 44.7. The van der Waals surface area contributed by atoms with Crippen molar-refractivity contribution >= 4 is 5.78 Å². The lowest BCUT2D eigenvalue weighted by Gasteiger charge is -2.57. The molecule has 24 heavy (non-hydrogen) atoms. The number of Topliss-reactive ketones (excluding diaryl/α,β-unsaturated/α-hetero) is 1. The molecule has 0 radical (unpaired) electrons. The molecule has 0 aromatic rings. The largest absolute Gasteiger partial charge is 0.393 e. The minimum absolute atomic E-state index is 0.159. The standard InChI is InChI=1S/C21H31NO2/c1-4-19(24)21(3)11-8-17-16(18(21)9-12-22)6-5-14-13-15(23)7-10-20(14,17)2/h5,15-18,23H,4,6-11,13H2,1-3H3/t15-,16+,17-,18-,20-,21-/m0/s1. The highest BCUT2D eigenvalue weighted by Crippen LogP contribution is 2.62. The molecule has 3 heteroatoms. The molecule has 0 heterocycles. The molecule has 0 saturated heterocycles. The van der Waals surface area contributed by atoms with Crippen LogP contribution in [0.15, 0.2) is 11.6 Å². The predicted molar refractivity (Wildman–Crippen MR) is 94.0 cm³/mol. The van der Waals surface area contributed by atoms with Gasteiger partial charge in [-0.3, -0.25) is 4.79 Å². The zero-order valence-corrected chi connectivity index (χ0v) is 15.3. The van der Waals surface area contributed by atoms with Crippen molar-refractivity contribution < 1.29 is 9.90 Å². The molecule has 2 fully saturated rings. The van der Waals surface area contributed by atoms with Crippen molar-refractivity contribution in [2.45, 2.75) is 78.2 Å². The summed E-state index contributed by atoms with van der Waals surface area (Å²) in [6.45, 7) is 6.43. The second kappa shape index (κ2) is 6.30. The summed E-state index contributed by atoms with van der Waals surface area (Å²) in [4.78, 5) is 12.7. The fraction of sp³-hybridized carbons (Fsp3) is 0.810. The first-order valence-corrected chi connectivity index (χ1v) is 9.64. The zero-order valence-electron chi connectivity index (χ0n) is 15.3. The number of rotatable bonds is 3. The molecular formula is C21H31NO2. The van der Waals surface area contributed by atoms with Crippen LogP contribution in [-0.4, -0.2) is 17.0 Å². The van der Waals surface area contributed by atoms with Gasteiger partial charge in [-0.05, 0) is 61.7 Å². The number of hydrogen-bond donors (Lipinski definition) is 1. The second-order valence-corrected chi connectivity index (χ2v) is 8.75. The molecule has 132 valence electrons. The Bertz CT molecular complexity index is 589. The second-order valence-electron chi connectivity index (χ2n) is 8.75. The Morgan fingerprint density at radius 1 is 1.38 bits per heavy atom. The maximum absolute atomic E-state index is 12.7. The van der Waals surface area contributed by atoms with Gasteiger partial charge in [-0.15, -0.1) is 0 Å². The average Bonchev–Trinajstić information content (AvgIpc) is 2.57. The maximum Gasteiger partial charge on any atom is 0.138 e. The number of nitrogens with zero attached hydrogens (tertiary/aromatic N) is 1. The summed E-state index contributed by atoms with van der Waals surface area (Å²) in [5.74, 6) is 1.50. The van der Waals surface area contributed by atoms with Crippen LogP contribution in [-0.2, 0) is 4.79 Å². The molecule has 1 N–H and O–H groups in total. The molecule has 0 spiro atoms. The number of ketones is 1. The lowest BCUT2D eigenvalue weighted by atomic mass is 9.46. The highest BCUT2D eigenvalue weighted by molar-refractivity contribution is 5.84. The van der Waals surface area contributed by atoms with Crippen molar-refractivity contribution in [3.05, 3.63) is 11.6 Å². The van der Waals surface area contributed by atoms with Crippen LogP contribution in [0.3, 0.4) is 0 Å². The SMILES string of the molecule is CCC(=O)[C@@]1(C)CC[C@H]2[C@@H](CC=C3C[C@@H](O)CC[C@@]32C)[C@@H]1CC#N. The van der Waals surface area contributed by atoms with E-state index < -0.39 is 0 Å². The van der Waals surface area contributed by atoms with Crippen LogP contribution in [0, 0.1) is 39.9 Å². The van der Waals surface area contributed by atoms with Gasteiger partial charge in [0.25, 0.3) is 0 Å². The average molecular weight is 329 g/mol. The van der Waals surface area contributed by atoms with Crippen LogP contribution >= 0.6 is 0 Å². The minimum atomic E-state index is -0.332. The fourth-order valence-corrected chi connectivity index (χ4v) is 6.19. The Balaban J connectivity index is 1.96. The number of aliphatic hydroxyl groups is 1. The summed E-state index contributed by atoms with van der Waals surface area (Å²) in [6, 6.07) is 2.38. The van der Waals surface area contributed by atoms with Crippen molar-refractivity contribution in [3.8, 4) is 6.07 Å². The Morgan fingerprint density at radius 3 is 2.79 bits per heavy atom. The van der Waals surface area contributed by atoms with E-state index in [2.05, 4.69) is 26.0 Å². The fourth-order valence-electron chi connectivity index (χ4n) is 6.19. The lowest BCUT2D eigenvalue weighted by Crippen LogP contribution is -2.52. The quantitative estimate of drug-likeness (QED) is 0.780. The Hall–Kier alpha value is -1.14. The van der Waals surface area contributed by atoms with E-state index in [0.717, 1.165) is 38.5 Å². The van der Waals surface area contributed by atoms with E-state index in [1.54, 1.807) is 0 Å². The maximum atomic E-state index is 12.7. The van der Waals surface area contributed by atoms with Crippen molar-refractivity contribution in [1.29, 1.82) is 5.26 Å². The van der Waals surface area contributed by atoms with E-state index in [1.807, 2.05) is 6.92 Å². The summed E-state index contributed by atoms with van der Waals surface area (Å²) >= 11 is 0. The first-order valence-electron chi connectivity index (χ1n) is 9.64. The topological polar surface area (TPSA) is 61.1 Å². The van der Waals surface area contributed by atoms with E-state index in [9.17, 15) is 15.2 Å². The van der Waals surface area contributed by atoms with Crippen LogP contribution in [0.1, 0.15) is 72.1 Å². The van der Waals surface area contributed by atoms with Crippen LogP contribution in [0.4, 0.5) is 0 Å². The molecule has 2 saturated carbocycles. The molecule has 0 amide bonds. The number of hydrogen-bond acceptors (Lipinski definition) is 3. The van der Waals surface area contributed by atoms with Crippen molar-refractivity contribution in [1.82, 2.24) is 0 Å². The van der Waals surface area contributed by atoms with Gasteiger partial charge in [-0.1, -0.05) is 32.4 Å². The van der Waals surface area contributed by atoms with E-state index >= 15 is 0 Å². The van der Waals surface area contributed by atoms with Crippen LogP contribution < -0.4 is 0 Å². The molecule has 0 aliphatic heterocycles. The highest BCUT2D eigenvalue weighted by Gasteiger charge is 2.56. The summed E-state index contributed by atoms with van der Waals surface area (Å²) in [7, 11) is 0. The van der Waals surface area contributed by atoms with E-state index in [0.29, 0.717) is 30.5 Å². The zero-order chi connectivity index (χ0) is 17.5. The summed E-state index contributed by atoms with van der Waals surface area (Å²) < 4.78 is 0. The lowest BCUT2D eigenvalue weighted by molar-refractivity contribution is -0.139. The Morgan fingerprint density at radius 2 is 2.12 bits per heavy atom. The first kappa shape index (κ1) is 17.7. The third-order valence-electron chi connectivity index (χ3n) is 7.74. The van der Waals surface area contributed by atoms with Gasteiger partial charge in [0.1, 0.15) is 5.78 Å². The Labute approximate surface area is 146 Å². The van der Waals surface area contributed by atoms with Crippen molar-refractivity contribution in [2.75, 3.05) is 0 Å². The molecule has 6 atom stereocenters. The molecule has 0 bridgehead atoms. The van der Waals surface area contributed by atoms with Gasteiger partial charge < -0.3 is 5.11 Å². The minimum Gasteiger partial charge on any atom is -0.393 e. The third-order valence-corrected chi connectivity index (χ3v) is 7.74. The van der Waals surface area contributed by atoms with Crippen LogP contribution in [0.2, 0.25) is 0 Å². The predicted octanol–water partition coefficient (Wildman–Crippen LogP) is 4.41. The van der Waals surface area contributed by atoms with Crippen LogP contribution in [0.25, 0.3) is 0 Å². The number of fused-ring (bicyclic) bond motifs is 3. The molecular weight excluding hydrogens is 298 g/mol. The smallest absolute Gasteiger partial charge is 0.138 e. The van der Waals surface area contributed by atoms with Gasteiger partial charge in [0.05, 0.1) is 12.2 Å². The molecule has 3 rings (SSSR count). The van der Waals surface area contributed by atoms with Gasteiger partial charge in [-0.25, -0.2) is 0 Å². The number of nitriles is 1. The first-order chi connectivity index (χ1) is 11.4. The van der Waals surface area contributed by atoms with Gasteiger partial charge in [0.15, 0.2) is 0 Å². The van der Waals surface area contributed by atoms with E-state index in [1.165, 1.54) is 5.57 Å². The van der Waals surface area contributed by atoms with E-state index in [-0.39, 0.29) is 22.9 Å². The summed E-state index contributed by atoms with van der Waals surface area (Å²) in [5, 5.41) is 19.5. The molecule has 0 unspecified atom stereocenters. The monoisotopic (exact) mass is 329 g/mol. The number of carbonyl (C=O) groups is 1. The molecule has 3 aliphatic carbocycles. The molecule has 0 aromatic carbocycles. The van der Waals surface area contributed by atoms with Crippen molar-refractivity contribution in [3.63, 3.8) is 0 Å². The van der Waals surface area contributed by atoms with Crippen LogP contribution in [0.5, 0.6) is 0 Å². The third kappa shape index (κ3) is 2.54. The molecule has 3 aliphatic rings. The van der Waals surface area contributed by atoms with Gasteiger partial charge >= 0.3 is 0 Å². The van der Waals surface area contributed by atoms with Gasteiger partial charge in [-0.2, -0.15) is 5.26 Å². The molecule has 3 nitrogen and oxygen atoms in total.